The second kappa shape index (κ2) is 7.09. The molecule has 3 heterocycles. The first-order valence-corrected chi connectivity index (χ1v) is 9.22. The van der Waals surface area contributed by atoms with Crippen LogP contribution in [0.3, 0.4) is 0 Å². The lowest BCUT2D eigenvalue weighted by molar-refractivity contribution is -0.144. The summed E-state index contributed by atoms with van der Waals surface area (Å²) in [6, 6.07) is 5.63. The highest BCUT2D eigenvalue weighted by molar-refractivity contribution is 5.83. The summed E-state index contributed by atoms with van der Waals surface area (Å²) in [5, 5.41) is 0. The van der Waals surface area contributed by atoms with Crippen LogP contribution >= 0.6 is 0 Å². The zero-order chi connectivity index (χ0) is 17.2. The maximum absolute atomic E-state index is 12.8. The van der Waals surface area contributed by atoms with Crippen molar-refractivity contribution in [2.45, 2.75) is 37.8 Å². The zero-order valence-corrected chi connectivity index (χ0v) is 14.4. The van der Waals surface area contributed by atoms with Gasteiger partial charge in [0, 0.05) is 38.3 Å². The van der Waals surface area contributed by atoms with E-state index in [0.29, 0.717) is 32.6 Å². The lowest BCUT2D eigenvalue weighted by Gasteiger charge is -2.38. The molecule has 1 aliphatic carbocycles. The average Bonchev–Trinajstić information content (AvgIpc) is 3.10. The number of hydrazine groups is 1. The van der Waals surface area contributed by atoms with Gasteiger partial charge in [0.2, 0.25) is 11.8 Å². The smallest absolute Gasteiger partial charge is 0.241 e. The van der Waals surface area contributed by atoms with Crippen molar-refractivity contribution in [2.24, 2.45) is 5.92 Å². The Hall–Kier alpha value is -1.99. The van der Waals surface area contributed by atoms with E-state index >= 15 is 0 Å². The first-order valence-electron chi connectivity index (χ1n) is 9.22. The number of rotatable bonds is 3. The Morgan fingerprint density at radius 3 is 2.32 bits per heavy atom. The predicted molar refractivity (Wildman–Crippen MR) is 92.2 cm³/mol. The molecule has 3 fully saturated rings. The van der Waals surface area contributed by atoms with Gasteiger partial charge in [0.25, 0.3) is 0 Å². The van der Waals surface area contributed by atoms with Gasteiger partial charge < -0.3 is 9.80 Å². The molecule has 25 heavy (non-hydrogen) atoms. The molecule has 2 unspecified atom stereocenters. The molecule has 2 saturated heterocycles. The standard InChI is InChI=1S/C18H25N5O2/c24-17(13-4-3-5-13)22-8-10-23(11-9-22)18(25)16-12-15(20-21-16)14-6-1-2-7-19-14/h1-2,6-7,13,15-16,20-21H,3-5,8-12H2. The van der Waals surface area contributed by atoms with Gasteiger partial charge in [0.05, 0.1) is 11.7 Å². The molecule has 1 aromatic rings. The van der Waals surface area contributed by atoms with Crippen LogP contribution < -0.4 is 10.9 Å². The van der Waals surface area contributed by atoms with Crippen molar-refractivity contribution in [3.8, 4) is 0 Å². The number of amides is 2. The minimum absolute atomic E-state index is 0.0524. The molecule has 7 heteroatoms. The van der Waals surface area contributed by atoms with Crippen LogP contribution in [0.1, 0.15) is 37.4 Å². The summed E-state index contributed by atoms with van der Waals surface area (Å²) in [7, 11) is 0. The monoisotopic (exact) mass is 343 g/mol. The van der Waals surface area contributed by atoms with E-state index in [1.165, 1.54) is 6.42 Å². The number of hydrogen-bond acceptors (Lipinski definition) is 5. The first kappa shape index (κ1) is 16.5. The van der Waals surface area contributed by atoms with Gasteiger partial charge in [-0.15, -0.1) is 0 Å². The molecule has 0 spiro atoms. The predicted octanol–water partition coefficient (Wildman–Crippen LogP) is 0.460. The Morgan fingerprint density at radius 1 is 1.00 bits per heavy atom. The van der Waals surface area contributed by atoms with Gasteiger partial charge in [-0.1, -0.05) is 12.5 Å². The van der Waals surface area contributed by atoms with Crippen LogP contribution in [0, 0.1) is 5.92 Å². The van der Waals surface area contributed by atoms with E-state index in [2.05, 4.69) is 15.8 Å². The lowest BCUT2D eigenvalue weighted by atomic mass is 9.84. The number of nitrogens with zero attached hydrogens (tertiary/aromatic N) is 3. The molecule has 2 aliphatic heterocycles. The topological polar surface area (TPSA) is 77.6 Å². The van der Waals surface area contributed by atoms with E-state index in [9.17, 15) is 9.59 Å². The highest BCUT2D eigenvalue weighted by Crippen LogP contribution is 2.28. The van der Waals surface area contributed by atoms with Gasteiger partial charge in [0.1, 0.15) is 6.04 Å². The van der Waals surface area contributed by atoms with E-state index in [4.69, 9.17) is 0 Å². The summed E-state index contributed by atoms with van der Waals surface area (Å²) in [6.45, 7) is 2.57. The van der Waals surface area contributed by atoms with Crippen molar-refractivity contribution >= 4 is 11.8 Å². The highest BCUT2D eigenvalue weighted by atomic mass is 16.2. The Bertz CT molecular complexity index is 626. The average molecular weight is 343 g/mol. The van der Waals surface area contributed by atoms with Crippen molar-refractivity contribution in [1.29, 1.82) is 0 Å². The van der Waals surface area contributed by atoms with Gasteiger partial charge in [-0.25, -0.2) is 10.9 Å². The van der Waals surface area contributed by atoms with E-state index < -0.39 is 0 Å². The fourth-order valence-electron chi connectivity index (χ4n) is 3.78. The van der Waals surface area contributed by atoms with Crippen LogP contribution in [0.4, 0.5) is 0 Å². The van der Waals surface area contributed by atoms with E-state index in [-0.39, 0.29) is 29.8 Å². The molecule has 0 radical (unpaired) electrons. The fraction of sp³-hybridized carbons (Fsp3) is 0.611. The van der Waals surface area contributed by atoms with E-state index in [1.54, 1.807) is 6.20 Å². The Morgan fingerprint density at radius 2 is 1.72 bits per heavy atom. The van der Waals surface area contributed by atoms with Crippen molar-refractivity contribution in [1.82, 2.24) is 25.6 Å². The molecule has 7 nitrogen and oxygen atoms in total. The summed E-state index contributed by atoms with van der Waals surface area (Å²) < 4.78 is 0. The first-order chi connectivity index (χ1) is 12.2. The largest absolute Gasteiger partial charge is 0.339 e. The molecule has 1 saturated carbocycles. The van der Waals surface area contributed by atoms with Gasteiger partial charge >= 0.3 is 0 Å². The Kier molecular flexibility index (Phi) is 4.67. The summed E-state index contributed by atoms with van der Waals surface area (Å²) in [4.78, 5) is 33.2. The van der Waals surface area contributed by atoms with Gasteiger partial charge in [-0.05, 0) is 31.4 Å². The molecule has 4 rings (SSSR count). The summed E-state index contributed by atoms with van der Waals surface area (Å²) in [5.74, 6) is 0.637. The van der Waals surface area contributed by atoms with Gasteiger partial charge in [-0.2, -0.15) is 0 Å². The molecule has 2 N–H and O–H groups in total. The number of piperazine rings is 1. The molecular weight excluding hydrogens is 318 g/mol. The number of nitrogens with one attached hydrogen (secondary N) is 2. The normalized spacial score (nSPS) is 27.2. The number of hydrogen-bond donors (Lipinski definition) is 2. The number of carbonyl (C=O) groups is 2. The molecule has 0 bridgehead atoms. The molecule has 3 aliphatic rings. The third kappa shape index (κ3) is 3.39. The van der Waals surface area contributed by atoms with Crippen LogP contribution in [0.2, 0.25) is 0 Å². The summed E-state index contributed by atoms with van der Waals surface area (Å²) >= 11 is 0. The van der Waals surface area contributed by atoms with Crippen LogP contribution in [0.15, 0.2) is 24.4 Å². The SMILES string of the molecule is O=C(C1CCC1)N1CCN(C(=O)C2CC(c3ccccn3)NN2)CC1. The minimum Gasteiger partial charge on any atom is -0.339 e. The van der Waals surface area contributed by atoms with Crippen LogP contribution in [0.25, 0.3) is 0 Å². The second-order valence-corrected chi connectivity index (χ2v) is 7.16. The van der Waals surface area contributed by atoms with Gasteiger partial charge in [0.15, 0.2) is 0 Å². The molecule has 2 atom stereocenters. The maximum atomic E-state index is 12.8. The molecule has 2 amide bonds. The fourth-order valence-corrected chi connectivity index (χ4v) is 3.78. The third-order valence-corrected chi connectivity index (χ3v) is 5.60. The third-order valence-electron chi connectivity index (χ3n) is 5.60. The van der Waals surface area contributed by atoms with Crippen LogP contribution in [0.5, 0.6) is 0 Å². The molecule has 1 aromatic heterocycles. The van der Waals surface area contributed by atoms with Crippen molar-refractivity contribution in [3.05, 3.63) is 30.1 Å². The number of carbonyl (C=O) groups excluding carboxylic acids is 2. The van der Waals surface area contributed by atoms with Crippen molar-refractivity contribution < 1.29 is 9.59 Å². The van der Waals surface area contributed by atoms with E-state index in [0.717, 1.165) is 18.5 Å². The van der Waals surface area contributed by atoms with Crippen molar-refractivity contribution in [3.63, 3.8) is 0 Å². The highest BCUT2D eigenvalue weighted by Gasteiger charge is 2.36. The summed E-state index contributed by atoms with van der Waals surface area (Å²) in [6.07, 6.45) is 5.70. The number of pyridine rings is 1. The molecule has 134 valence electrons. The van der Waals surface area contributed by atoms with Crippen LogP contribution in [-0.4, -0.2) is 58.8 Å². The lowest BCUT2D eigenvalue weighted by Crippen LogP contribution is -2.55. The quantitative estimate of drug-likeness (QED) is 0.834. The van der Waals surface area contributed by atoms with E-state index in [1.807, 2.05) is 28.0 Å². The molecular formula is C18H25N5O2. The maximum Gasteiger partial charge on any atom is 0.241 e. The van der Waals surface area contributed by atoms with Crippen LogP contribution in [-0.2, 0) is 9.59 Å². The summed E-state index contributed by atoms with van der Waals surface area (Å²) in [5.41, 5.74) is 7.23. The molecule has 0 aromatic carbocycles. The van der Waals surface area contributed by atoms with Crippen molar-refractivity contribution in [2.75, 3.05) is 26.2 Å². The number of aromatic nitrogens is 1. The zero-order valence-electron chi connectivity index (χ0n) is 14.4. The van der Waals surface area contributed by atoms with Gasteiger partial charge in [-0.3, -0.25) is 14.6 Å². The minimum atomic E-state index is -0.235. The second-order valence-electron chi connectivity index (χ2n) is 7.16. The Balaban J connectivity index is 1.28. The Labute approximate surface area is 147 Å².